The Morgan fingerprint density at radius 1 is 1.03 bits per heavy atom. The number of nitrogens with zero attached hydrogens (tertiary/aromatic N) is 2. The molecule has 0 aliphatic heterocycles. The number of anilines is 1. The van der Waals surface area contributed by atoms with Crippen LogP contribution in [-0.2, 0) is 16.6 Å². The number of rotatable bonds is 7. The van der Waals surface area contributed by atoms with Gasteiger partial charge in [0.05, 0.1) is 4.90 Å². The summed E-state index contributed by atoms with van der Waals surface area (Å²) >= 11 is 0. The third-order valence-corrected chi connectivity index (χ3v) is 6.73. The molecular weight excluding hydrogens is 400 g/mol. The summed E-state index contributed by atoms with van der Waals surface area (Å²) in [6, 6.07) is 18.5. The van der Waals surface area contributed by atoms with Crippen LogP contribution in [0.5, 0.6) is 0 Å². The first-order valence-electron chi connectivity index (χ1n) is 9.45. The normalized spacial score (nSPS) is 12.4. The average Bonchev–Trinajstić information content (AvgIpc) is 2.78. The van der Waals surface area contributed by atoms with Crippen LogP contribution >= 0.6 is 0 Å². The minimum atomic E-state index is -3.68. The van der Waals surface area contributed by atoms with E-state index in [2.05, 4.69) is 15.6 Å². The first-order chi connectivity index (χ1) is 14.4. The largest absolute Gasteiger partial charge is 0.334 e. The average molecular weight is 425 g/mol. The number of hydrogen-bond acceptors (Lipinski definition) is 4. The number of urea groups is 1. The molecule has 8 heteroatoms. The van der Waals surface area contributed by atoms with Crippen LogP contribution in [0.3, 0.4) is 0 Å². The molecule has 0 saturated carbocycles. The molecule has 2 N–H and O–H groups in total. The predicted octanol–water partition coefficient (Wildman–Crippen LogP) is 3.79. The Morgan fingerprint density at radius 3 is 2.37 bits per heavy atom. The van der Waals surface area contributed by atoms with Crippen molar-refractivity contribution in [1.82, 2.24) is 14.6 Å². The minimum absolute atomic E-state index is 0.161. The van der Waals surface area contributed by atoms with E-state index in [1.165, 1.54) is 16.4 Å². The number of sulfonamides is 1. The van der Waals surface area contributed by atoms with Gasteiger partial charge in [-0.15, -0.1) is 0 Å². The molecule has 0 aliphatic carbocycles. The van der Waals surface area contributed by atoms with Gasteiger partial charge in [0.15, 0.2) is 0 Å². The maximum atomic E-state index is 13.0. The zero-order valence-electron chi connectivity index (χ0n) is 16.8. The molecule has 2 amide bonds. The van der Waals surface area contributed by atoms with Gasteiger partial charge in [0.2, 0.25) is 10.0 Å². The fourth-order valence-electron chi connectivity index (χ4n) is 2.89. The number of carbonyl (C=O) groups excluding carboxylic acids is 1. The van der Waals surface area contributed by atoms with Crippen LogP contribution in [0.1, 0.15) is 24.1 Å². The van der Waals surface area contributed by atoms with Gasteiger partial charge in [-0.2, -0.15) is 4.31 Å². The first-order valence-corrected chi connectivity index (χ1v) is 10.9. The Morgan fingerprint density at radius 2 is 1.73 bits per heavy atom. The van der Waals surface area contributed by atoms with Crippen molar-refractivity contribution in [3.63, 3.8) is 0 Å². The highest BCUT2D eigenvalue weighted by Crippen LogP contribution is 2.26. The molecule has 30 heavy (non-hydrogen) atoms. The quantitative estimate of drug-likeness (QED) is 0.604. The molecule has 0 fully saturated rings. The summed E-state index contributed by atoms with van der Waals surface area (Å²) in [5.41, 5.74) is 2.29. The van der Waals surface area contributed by atoms with Crippen LogP contribution in [0.2, 0.25) is 0 Å². The summed E-state index contributed by atoms with van der Waals surface area (Å²) in [5, 5.41) is 5.42. The summed E-state index contributed by atoms with van der Waals surface area (Å²) in [7, 11) is -2.12. The van der Waals surface area contributed by atoms with Gasteiger partial charge in [-0.25, -0.2) is 13.2 Å². The number of aromatic nitrogens is 1. The topological polar surface area (TPSA) is 91.4 Å². The molecule has 156 valence electrons. The molecule has 1 atom stereocenters. The minimum Gasteiger partial charge on any atom is -0.334 e. The van der Waals surface area contributed by atoms with Crippen molar-refractivity contribution in [3.8, 4) is 0 Å². The molecule has 7 nitrogen and oxygen atoms in total. The first kappa shape index (κ1) is 21.5. The maximum Gasteiger partial charge on any atom is 0.319 e. The van der Waals surface area contributed by atoms with Crippen LogP contribution in [0, 0.1) is 0 Å². The lowest BCUT2D eigenvalue weighted by Crippen LogP contribution is -2.30. The number of pyridine rings is 1. The van der Waals surface area contributed by atoms with Crippen molar-refractivity contribution in [2.24, 2.45) is 0 Å². The van der Waals surface area contributed by atoms with Crippen LogP contribution < -0.4 is 10.6 Å². The Balaban J connectivity index is 1.63. The van der Waals surface area contributed by atoms with E-state index in [1.54, 1.807) is 37.6 Å². The molecule has 2 aromatic carbocycles. The molecule has 1 heterocycles. The lowest BCUT2D eigenvalue weighted by atomic mass is 10.1. The van der Waals surface area contributed by atoms with Crippen molar-refractivity contribution >= 4 is 21.7 Å². The number of nitrogens with one attached hydrogen (secondary N) is 2. The zero-order chi connectivity index (χ0) is 21.6. The Bertz CT molecular complexity index is 1070. The fraction of sp³-hybridized carbons (Fsp3) is 0.182. The monoisotopic (exact) mass is 424 g/mol. The summed E-state index contributed by atoms with van der Waals surface area (Å²) in [6.07, 6.45) is 3.34. The zero-order valence-corrected chi connectivity index (χ0v) is 17.6. The van der Waals surface area contributed by atoms with Gasteiger partial charge < -0.3 is 10.6 Å². The van der Waals surface area contributed by atoms with Crippen molar-refractivity contribution in [1.29, 1.82) is 0 Å². The van der Waals surface area contributed by atoms with E-state index in [0.29, 0.717) is 12.2 Å². The third kappa shape index (κ3) is 5.22. The molecule has 0 unspecified atom stereocenters. The highest BCUT2D eigenvalue weighted by Gasteiger charge is 2.26. The van der Waals surface area contributed by atoms with E-state index in [-0.39, 0.29) is 17.0 Å². The van der Waals surface area contributed by atoms with E-state index in [1.807, 2.05) is 43.3 Å². The predicted molar refractivity (Wildman–Crippen MR) is 116 cm³/mol. The number of benzene rings is 2. The molecular formula is C22H24N4O3S. The summed E-state index contributed by atoms with van der Waals surface area (Å²) < 4.78 is 27.3. The van der Waals surface area contributed by atoms with E-state index < -0.39 is 10.0 Å². The maximum absolute atomic E-state index is 13.0. The van der Waals surface area contributed by atoms with Gasteiger partial charge in [0.1, 0.15) is 0 Å². The van der Waals surface area contributed by atoms with Crippen molar-refractivity contribution < 1.29 is 13.2 Å². The second kappa shape index (κ2) is 9.51. The number of hydrogen-bond donors (Lipinski definition) is 2. The van der Waals surface area contributed by atoms with Gasteiger partial charge in [0.25, 0.3) is 0 Å². The van der Waals surface area contributed by atoms with Gasteiger partial charge in [-0.1, -0.05) is 36.4 Å². The molecule has 0 saturated heterocycles. The van der Waals surface area contributed by atoms with Crippen molar-refractivity contribution in [3.05, 3.63) is 90.3 Å². The highest BCUT2D eigenvalue weighted by molar-refractivity contribution is 7.89. The second-order valence-corrected chi connectivity index (χ2v) is 8.80. The lowest BCUT2D eigenvalue weighted by molar-refractivity contribution is 0.251. The van der Waals surface area contributed by atoms with Crippen molar-refractivity contribution in [2.75, 3.05) is 12.4 Å². The number of carbonyl (C=O) groups is 1. The van der Waals surface area contributed by atoms with Gasteiger partial charge >= 0.3 is 6.03 Å². The molecule has 0 aliphatic rings. The molecule has 1 aromatic heterocycles. The summed E-state index contributed by atoms with van der Waals surface area (Å²) in [5.74, 6) is 0. The Labute approximate surface area is 176 Å². The van der Waals surface area contributed by atoms with Crippen molar-refractivity contribution in [2.45, 2.75) is 24.4 Å². The van der Waals surface area contributed by atoms with Gasteiger partial charge in [0, 0.05) is 37.7 Å². The van der Waals surface area contributed by atoms with Crippen LogP contribution in [-0.4, -0.2) is 30.8 Å². The Kier molecular flexibility index (Phi) is 6.81. The third-order valence-electron chi connectivity index (χ3n) is 4.79. The number of amides is 2. The van der Waals surface area contributed by atoms with E-state index in [9.17, 15) is 13.2 Å². The van der Waals surface area contributed by atoms with Gasteiger partial charge in [-0.3, -0.25) is 4.98 Å². The molecule has 0 bridgehead atoms. The van der Waals surface area contributed by atoms with E-state index >= 15 is 0 Å². The van der Waals surface area contributed by atoms with Crippen LogP contribution in [0.4, 0.5) is 10.5 Å². The smallest absolute Gasteiger partial charge is 0.319 e. The Hall–Kier alpha value is -3.23. The fourth-order valence-corrected chi connectivity index (χ4v) is 4.24. The van der Waals surface area contributed by atoms with Crippen LogP contribution in [0.15, 0.2) is 84.0 Å². The van der Waals surface area contributed by atoms with Crippen LogP contribution in [0.25, 0.3) is 0 Å². The van der Waals surface area contributed by atoms with E-state index in [4.69, 9.17) is 0 Å². The summed E-state index contributed by atoms with van der Waals surface area (Å²) in [4.78, 5) is 16.2. The van der Waals surface area contributed by atoms with E-state index in [0.717, 1.165) is 11.1 Å². The highest BCUT2D eigenvalue weighted by atomic mass is 32.2. The molecule has 0 spiro atoms. The standard InChI is InChI=1S/C22H24N4O3S/c1-17(19-8-4-3-5-9-19)26(2)30(28,29)21-12-10-20(11-13-21)25-22(27)24-16-18-7-6-14-23-15-18/h3-15,17H,16H2,1-2H3,(H2,24,25,27)/t17-/m1/s1. The molecule has 3 rings (SSSR count). The second-order valence-electron chi connectivity index (χ2n) is 6.80. The SMILES string of the molecule is C[C@H](c1ccccc1)N(C)S(=O)(=O)c1ccc(NC(=O)NCc2cccnc2)cc1. The summed E-state index contributed by atoms with van der Waals surface area (Å²) in [6.45, 7) is 2.18. The molecule has 0 radical (unpaired) electrons. The lowest BCUT2D eigenvalue weighted by Gasteiger charge is -2.24. The van der Waals surface area contributed by atoms with Gasteiger partial charge in [-0.05, 0) is 48.4 Å². The molecule has 3 aromatic rings.